The lowest BCUT2D eigenvalue weighted by molar-refractivity contribution is -0.115. The Morgan fingerprint density at radius 3 is 2.09 bits per heavy atom. The van der Waals surface area contributed by atoms with E-state index < -0.39 is 11.8 Å². The largest absolute Gasteiger partial charge is 0.465 e. The number of amides is 3. The van der Waals surface area contributed by atoms with Crippen LogP contribution in [0.15, 0.2) is 77.4 Å². The van der Waals surface area contributed by atoms with Crippen molar-refractivity contribution in [1.29, 1.82) is 0 Å². The zero-order valence-electron chi connectivity index (χ0n) is 19.5. The van der Waals surface area contributed by atoms with E-state index in [0.29, 0.717) is 22.6 Å². The lowest BCUT2D eigenvalue weighted by Gasteiger charge is -2.19. The Morgan fingerprint density at radius 2 is 1.49 bits per heavy atom. The number of thiocarbonyl (C=S) groups is 1. The normalized spacial score (nSPS) is 11.1. The van der Waals surface area contributed by atoms with E-state index in [2.05, 4.69) is 42.3 Å². The van der Waals surface area contributed by atoms with Crippen LogP contribution in [0.1, 0.15) is 52.8 Å². The van der Waals surface area contributed by atoms with Crippen LogP contribution in [0, 0.1) is 0 Å². The number of carbonyl (C=O) groups is 3. The highest BCUT2D eigenvalue weighted by Crippen LogP contribution is 2.22. The van der Waals surface area contributed by atoms with Crippen molar-refractivity contribution in [1.82, 2.24) is 16.2 Å². The van der Waals surface area contributed by atoms with E-state index in [1.807, 2.05) is 12.1 Å². The summed E-state index contributed by atoms with van der Waals surface area (Å²) in [5, 5.41) is 5.13. The number of benzene rings is 2. The highest BCUT2D eigenvalue weighted by molar-refractivity contribution is 7.80. The number of hydrazine groups is 1. The van der Waals surface area contributed by atoms with Crippen LogP contribution >= 0.6 is 12.2 Å². The molecule has 0 aliphatic heterocycles. The molecule has 0 radical (unpaired) electrons. The molecule has 0 fully saturated rings. The molecule has 4 N–H and O–H groups in total. The molecular weight excluding hydrogens is 464 g/mol. The first-order valence-electron chi connectivity index (χ1n) is 10.8. The van der Waals surface area contributed by atoms with Gasteiger partial charge in [-0.15, -0.1) is 0 Å². The SMILES string of the molecule is CC(C)(C)c1ccc(C(=O)Nc2ccc(C(=O)NNC(=S)NC(=O)/C=C/c3ccco3)cc2)cc1. The number of nitrogens with one attached hydrogen (secondary N) is 4. The molecule has 0 bridgehead atoms. The maximum Gasteiger partial charge on any atom is 0.269 e. The average Bonchev–Trinajstić information content (AvgIpc) is 3.35. The van der Waals surface area contributed by atoms with Gasteiger partial charge in [0.15, 0.2) is 5.11 Å². The van der Waals surface area contributed by atoms with Gasteiger partial charge >= 0.3 is 0 Å². The van der Waals surface area contributed by atoms with Gasteiger partial charge in [0, 0.05) is 22.9 Å². The topological polar surface area (TPSA) is 112 Å². The molecule has 0 aliphatic carbocycles. The summed E-state index contributed by atoms with van der Waals surface area (Å²) >= 11 is 4.99. The molecule has 8 nitrogen and oxygen atoms in total. The number of rotatable bonds is 5. The molecule has 180 valence electrons. The summed E-state index contributed by atoms with van der Waals surface area (Å²) in [5.41, 5.74) is 7.43. The highest BCUT2D eigenvalue weighted by atomic mass is 32.1. The molecule has 0 spiro atoms. The molecule has 3 aromatic rings. The van der Waals surface area contributed by atoms with E-state index in [9.17, 15) is 14.4 Å². The number of hydrogen-bond acceptors (Lipinski definition) is 5. The van der Waals surface area contributed by atoms with Gasteiger partial charge in [0.05, 0.1) is 6.26 Å². The first-order chi connectivity index (χ1) is 16.6. The zero-order valence-corrected chi connectivity index (χ0v) is 20.4. The molecule has 2 aromatic carbocycles. The molecule has 0 saturated carbocycles. The van der Waals surface area contributed by atoms with Crippen molar-refractivity contribution in [2.75, 3.05) is 5.32 Å². The van der Waals surface area contributed by atoms with Gasteiger partial charge in [-0.1, -0.05) is 32.9 Å². The second-order valence-corrected chi connectivity index (χ2v) is 9.01. The Balaban J connectivity index is 1.47. The molecular formula is C26H26N4O4S. The second kappa shape index (κ2) is 11.3. The Bertz CT molecular complexity index is 1230. The van der Waals surface area contributed by atoms with Crippen LogP contribution in [0.25, 0.3) is 6.08 Å². The van der Waals surface area contributed by atoms with E-state index in [0.717, 1.165) is 5.56 Å². The van der Waals surface area contributed by atoms with Crippen LogP contribution in [0.5, 0.6) is 0 Å². The minimum Gasteiger partial charge on any atom is -0.465 e. The number of anilines is 1. The Labute approximate surface area is 208 Å². The van der Waals surface area contributed by atoms with Crippen molar-refractivity contribution in [3.05, 3.63) is 95.5 Å². The molecule has 0 aliphatic rings. The molecule has 3 amide bonds. The summed E-state index contributed by atoms with van der Waals surface area (Å²) in [6, 6.07) is 17.2. The average molecular weight is 491 g/mol. The van der Waals surface area contributed by atoms with Gasteiger partial charge in [0.1, 0.15) is 5.76 Å². The lowest BCUT2D eigenvalue weighted by Crippen LogP contribution is -2.48. The van der Waals surface area contributed by atoms with E-state index in [1.165, 1.54) is 18.4 Å². The molecule has 3 rings (SSSR count). The summed E-state index contributed by atoms with van der Waals surface area (Å²) in [4.78, 5) is 36.7. The van der Waals surface area contributed by atoms with Crippen LogP contribution < -0.4 is 21.5 Å². The van der Waals surface area contributed by atoms with Gasteiger partial charge in [0.2, 0.25) is 5.91 Å². The van der Waals surface area contributed by atoms with Crippen molar-refractivity contribution in [3.63, 3.8) is 0 Å². The van der Waals surface area contributed by atoms with Crippen LogP contribution in [0.4, 0.5) is 5.69 Å². The molecule has 0 unspecified atom stereocenters. The number of hydrogen-bond donors (Lipinski definition) is 4. The Hall–Kier alpha value is -4.24. The van der Waals surface area contributed by atoms with Crippen LogP contribution in [0.2, 0.25) is 0 Å². The minimum atomic E-state index is -0.485. The monoisotopic (exact) mass is 490 g/mol. The lowest BCUT2D eigenvalue weighted by atomic mass is 9.87. The van der Waals surface area contributed by atoms with Crippen molar-refractivity contribution >= 4 is 46.8 Å². The predicted octanol–water partition coefficient (Wildman–Crippen LogP) is 4.18. The van der Waals surface area contributed by atoms with Gasteiger partial charge in [-0.2, -0.15) is 0 Å². The van der Waals surface area contributed by atoms with E-state index in [-0.39, 0.29) is 16.4 Å². The predicted molar refractivity (Wildman–Crippen MR) is 139 cm³/mol. The van der Waals surface area contributed by atoms with Gasteiger partial charge < -0.3 is 9.73 Å². The van der Waals surface area contributed by atoms with E-state index in [4.69, 9.17) is 16.6 Å². The third kappa shape index (κ3) is 7.65. The van der Waals surface area contributed by atoms with Crippen molar-refractivity contribution in [3.8, 4) is 0 Å². The summed E-state index contributed by atoms with van der Waals surface area (Å²) in [6.07, 6.45) is 4.23. The fraction of sp³-hybridized carbons (Fsp3) is 0.154. The summed E-state index contributed by atoms with van der Waals surface area (Å²) in [6.45, 7) is 6.33. The maximum atomic E-state index is 12.5. The molecule has 1 heterocycles. The van der Waals surface area contributed by atoms with Crippen LogP contribution in [0.3, 0.4) is 0 Å². The first kappa shape index (κ1) is 25.4. The molecule has 0 saturated heterocycles. The molecule has 9 heteroatoms. The van der Waals surface area contributed by atoms with Crippen molar-refractivity contribution in [2.45, 2.75) is 26.2 Å². The zero-order chi connectivity index (χ0) is 25.4. The third-order valence-electron chi connectivity index (χ3n) is 4.89. The van der Waals surface area contributed by atoms with E-state index in [1.54, 1.807) is 48.5 Å². The van der Waals surface area contributed by atoms with Crippen LogP contribution in [-0.2, 0) is 10.2 Å². The fourth-order valence-electron chi connectivity index (χ4n) is 2.94. The summed E-state index contributed by atoms with van der Waals surface area (Å²) in [5.74, 6) is -0.679. The van der Waals surface area contributed by atoms with Gasteiger partial charge in [-0.25, -0.2) is 0 Å². The minimum absolute atomic E-state index is 0.00696. The summed E-state index contributed by atoms with van der Waals surface area (Å²) < 4.78 is 5.09. The molecule has 1 aromatic heterocycles. The molecule has 35 heavy (non-hydrogen) atoms. The van der Waals surface area contributed by atoms with Gasteiger partial charge in [-0.05, 0) is 77.8 Å². The second-order valence-electron chi connectivity index (χ2n) is 8.61. The number of carbonyl (C=O) groups excluding carboxylic acids is 3. The molecule has 0 atom stereocenters. The van der Waals surface area contributed by atoms with Gasteiger partial charge in [0.25, 0.3) is 11.8 Å². The Kier molecular flexibility index (Phi) is 8.17. The number of furan rings is 1. The van der Waals surface area contributed by atoms with Crippen molar-refractivity contribution < 1.29 is 18.8 Å². The van der Waals surface area contributed by atoms with Crippen molar-refractivity contribution in [2.24, 2.45) is 0 Å². The fourth-order valence-corrected chi connectivity index (χ4v) is 3.10. The van der Waals surface area contributed by atoms with Gasteiger partial charge in [-0.3, -0.25) is 30.6 Å². The third-order valence-corrected chi connectivity index (χ3v) is 5.09. The smallest absolute Gasteiger partial charge is 0.269 e. The highest BCUT2D eigenvalue weighted by Gasteiger charge is 2.14. The standard InChI is InChI=1S/C26H26N4O4S/c1-26(2,3)19-10-6-17(7-11-19)23(32)27-20-12-8-18(9-13-20)24(33)29-30-25(35)28-22(31)15-14-21-5-4-16-34-21/h4-16H,1-3H3,(H,27,32)(H,29,33)(H2,28,30,31,35)/b15-14+. The first-order valence-corrected chi connectivity index (χ1v) is 11.2. The van der Waals surface area contributed by atoms with Crippen LogP contribution in [-0.4, -0.2) is 22.8 Å². The summed E-state index contributed by atoms with van der Waals surface area (Å²) in [7, 11) is 0. The van der Waals surface area contributed by atoms with E-state index >= 15 is 0 Å². The maximum absolute atomic E-state index is 12.5. The Morgan fingerprint density at radius 1 is 0.857 bits per heavy atom. The quantitative estimate of drug-likeness (QED) is 0.243.